The van der Waals surface area contributed by atoms with Gasteiger partial charge >= 0.3 is 0 Å². The van der Waals surface area contributed by atoms with Crippen LogP contribution in [0.1, 0.15) is 12.5 Å². The molecule has 1 aliphatic rings. The van der Waals surface area contributed by atoms with E-state index >= 15 is 0 Å². The Kier molecular flexibility index (Phi) is 4.38. The molecule has 1 amide bonds. The van der Waals surface area contributed by atoms with Crippen LogP contribution in [0.4, 0.5) is 5.13 Å². The van der Waals surface area contributed by atoms with E-state index in [1.807, 2.05) is 43.3 Å². The zero-order valence-electron chi connectivity index (χ0n) is 14.4. The summed E-state index contributed by atoms with van der Waals surface area (Å²) < 4.78 is 17.8. The predicted octanol–water partition coefficient (Wildman–Crippen LogP) is 3.78. The van der Waals surface area contributed by atoms with Crippen LogP contribution in [-0.2, 0) is 4.79 Å². The maximum absolute atomic E-state index is 12.4. The molecule has 2 heterocycles. The van der Waals surface area contributed by atoms with E-state index in [9.17, 15) is 4.79 Å². The number of hydrogen-bond donors (Lipinski definition) is 1. The van der Waals surface area contributed by atoms with Crippen LogP contribution >= 0.6 is 11.3 Å². The lowest BCUT2D eigenvalue weighted by atomic mass is 10.2. The molecule has 0 saturated heterocycles. The summed E-state index contributed by atoms with van der Waals surface area (Å²) in [4.78, 5) is 16.9. The highest BCUT2D eigenvalue weighted by atomic mass is 32.1. The van der Waals surface area contributed by atoms with E-state index in [1.54, 1.807) is 6.92 Å². The van der Waals surface area contributed by atoms with Gasteiger partial charge in [-0.15, -0.1) is 0 Å². The van der Waals surface area contributed by atoms with Gasteiger partial charge in [0.1, 0.15) is 19.0 Å². The van der Waals surface area contributed by atoms with Crippen LogP contribution in [0.2, 0.25) is 0 Å². The number of hydrogen-bond acceptors (Lipinski definition) is 6. The molecule has 0 spiro atoms. The van der Waals surface area contributed by atoms with Gasteiger partial charge in [-0.05, 0) is 31.5 Å². The van der Waals surface area contributed by atoms with Crippen molar-refractivity contribution in [1.29, 1.82) is 0 Å². The molecule has 1 aliphatic heterocycles. The second kappa shape index (κ2) is 6.84. The van der Waals surface area contributed by atoms with Crippen molar-refractivity contribution in [2.45, 2.75) is 20.0 Å². The van der Waals surface area contributed by atoms with Gasteiger partial charge in [-0.2, -0.15) is 0 Å². The third-order valence-corrected chi connectivity index (χ3v) is 4.89. The number of thiazole rings is 1. The molecule has 6 nitrogen and oxygen atoms in total. The lowest BCUT2D eigenvalue weighted by molar-refractivity contribution is -0.122. The van der Waals surface area contributed by atoms with Crippen molar-refractivity contribution < 1.29 is 19.0 Å². The number of rotatable bonds is 4. The summed E-state index contributed by atoms with van der Waals surface area (Å²) in [6.45, 7) is 4.76. The highest BCUT2D eigenvalue weighted by Gasteiger charge is 2.19. The maximum Gasteiger partial charge on any atom is 0.266 e. The third kappa shape index (κ3) is 3.43. The minimum atomic E-state index is -0.635. The van der Waals surface area contributed by atoms with Crippen LogP contribution in [0, 0.1) is 6.92 Å². The Morgan fingerprint density at radius 1 is 1.23 bits per heavy atom. The third-order valence-electron chi connectivity index (χ3n) is 3.95. The molecule has 1 unspecified atom stereocenters. The predicted molar refractivity (Wildman–Crippen MR) is 101 cm³/mol. The number of nitrogens with zero attached hydrogens (tertiary/aromatic N) is 1. The summed E-state index contributed by atoms with van der Waals surface area (Å²) in [6.07, 6.45) is -0.635. The van der Waals surface area contributed by atoms with Gasteiger partial charge in [0.25, 0.3) is 5.91 Å². The van der Waals surface area contributed by atoms with Crippen LogP contribution in [-0.4, -0.2) is 30.2 Å². The van der Waals surface area contributed by atoms with Gasteiger partial charge in [-0.3, -0.25) is 10.1 Å². The summed E-state index contributed by atoms with van der Waals surface area (Å²) in [7, 11) is 0. The number of ether oxygens (including phenoxy) is 3. The van der Waals surface area contributed by atoms with Crippen molar-refractivity contribution in [1.82, 2.24) is 4.98 Å². The number of aromatic nitrogens is 1. The number of carbonyl (C=O) groups excluding carboxylic acids is 1. The van der Waals surface area contributed by atoms with Gasteiger partial charge in [0.05, 0.1) is 10.2 Å². The minimum absolute atomic E-state index is 0.247. The molecule has 0 fully saturated rings. The van der Waals surface area contributed by atoms with E-state index in [1.165, 1.54) is 11.3 Å². The largest absolute Gasteiger partial charge is 0.486 e. The lowest BCUT2D eigenvalue weighted by Gasteiger charge is -2.17. The molecule has 3 aromatic rings. The van der Waals surface area contributed by atoms with Crippen LogP contribution in [0.3, 0.4) is 0 Å². The molecule has 1 N–H and O–H groups in total. The summed E-state index contributed by atoms with van der Waals surface area (Å²) in [5, 5.41) is 3.34. The fourth-order valence-electron chi connectivity index (χ4n) is 2.67. The van der Waals surface area contributed by atoms with E-state index in [0.29, 0.717) is 35.6 Å². The van der Waals surface area contributed by atoms with Gasteiger partial charge in [-0.25, -0.2) is 4.98 Å². The molecule has 26 heavy (non-hydrogen) atoms. The molecular weight excluding hydrogens is 352 g/mol. The highest BCUT2D eigenvalue weighted by molar-refractivity contribution is 7.22. The molecule has 2 aromatic carbocycles. The Morgan fingerprint density at radius 2 is 2.00 bits per heavy atom. The number of benzene rings is 2. The first-order chi connectivity index (χ1) is 12.6. The Bertz CT molecular complexity index is 926. The van der Waals surface area contributed by atoms with Crippen molar-refractivity contribution in [2.24, 2.45) is 0 Å². The normalized spacial score (nSPS) is 14.1. The second-order valence-electron chi connectivity index (χ2n) is 6.05. The molecule has 0 bridgehead atoms. The van der Waals surface area contributed by atoms with Crippen molar-refractivity contribution in [2.75, 3.05) is 18.5 Å². The number of aryl methyl sites for hydroxylation is 1. The number of anilines is 1. The number of nitrogens with one attached hydrogen (secondary N) is 1. The molecule has 0 saturated carbocycles. The summed E-state index contributed by atoms with van der Waals surface area (Å²) in [5.41, 5.74) is 1.84. The molecule has 134 valence electrons. The van der Waals surface area contributed by atoms with Crippen LogP contribution < -0.4 is 19.5 Å². The van der Waals surface area contributed by atoms with E-state index in [0.717, 1.165) is 15.8 Å². The second-order valence-corrected chi connectivity index (χ2v) is 7.08. The van der Waals surface area contributed by atoms with Gasteiger partial charge in [0.2, 0.25) is 0 Å². The standard InChI is InChI=1S/C19H18N2O4S/c1-11-4-3-5-13(8-11)25-12(2)18(22)21-19-20-14-9-15-16(10-17(14)26-19)24-7-6-23-15/h3-5,8-10,12H,6-7H2,1-2H3,(H,20,21,22). The fraction of sp³-hybridized carbons (Fsp3) is 0.263. The van der Waals surface area contributed by atoms with Crippen LogP contribution in [0.15, 0.2) is 36.4 Å². The molecule has 1 atom stereocenters. The van der Waals surface area contributed by atoms with Gasteiger partial charge in [-0.1, -0.05) is 23.5 Å². The zero-order chi connectivity index (χ0) is 18.1. The molecule has 0 aliphatic carbocycles. The van der Waals surface area contributed by atoms with Crippen LogP contribution in [0.25, 0.3) is 10.2 Å². The Morgan fingerprint density at radius 3 is 2.77 bits per heavy atom. The van der Waals surface area contributed by atoms with Gasteiger partial charge in [0, 0.05) is 12.1 Å². The van der Waals surface area contributed by atoms with Gasteiger partial charge in [0.15, 0.2) is 22.7 Å². The fourth-order valence-corrected chi connectivity index (χ4v) is 3.55. The van der Waals surface area contributed by atoms with Crippen LogP contribution in [0.5, 0.6) is 17.2 Å². The first kappa shape index (κ1) is 16.7. The molecule has 7 heteroatoms. The number of fused-ring (bicyclic) bond motifs is 2. The quantitative estimate of drug-likeness (QED) is 0.757. The average molecular weight is 370 g/mol. The van der Waals surface area contributed by atoms with E-state index < -0.39 is 6.10 Å². The Hall–Kier alpha value is -2.80. The van der Waals surface area contributed by atoms with Crippen molar-refractivity contribution in [3.8, 4) is 17.2 Å². The topological polar surface area (TPSA) is 69.7 Å². The first-order valence-corrected chi connectivity index (χ1v) is 9.14. The first-order valence-electron chi connectivity index (χ1n) is 8.33. The molecule has 4 rings (SSSR count). The molecular formula is C19H18N2O4S. The van der Waals surface area contributed by atoms with Gasteiger partial charge < -0.3 is 14.2 Å². The van der Waals surface area contributed by atoms with Crippen molar-refractivity contribution >= 4 is 32.6 Å². The smallest absolute Gasteiger partial charge is 0.266 e. The SMILES string of the molecule is Cc1cccc(OC(C)C(=O)Nc2nc3cc4c(cc3s2)OCCO4)c1. The summed E-state index contributed by atoms with van der Waals surface area (Å²) in [5.74, 6) is 1.81. The minimum Gasteiger partial charge on any atom is -0.486 e. The van der Waals surface area contributed by atoms with E-state index in [-0.39, 0.29) is 5.91 Å². The zero-order valence-corrected chi connectivity index (χ0v) is 15.3. The Labute approximate surface area is 154 Å². The summed E-state index contributed by atoms with van der Waals surface area (Å²) >= 11 is 1.39. The number of amides is 1. The van der Waals surface area contributed by atoms with Crippen molar-refractivity contribution in [3.63, 3.8) is 0 Å². The average Bonchev–Trinajstić information content (AvgIpc) is 3.00. The monoisotopic (exact) mass is 370 g/mol. The Balaban J connectivity index is 1.48. The molecule has 1 aromatic heterocycles. The number of carbonyl (C=O) groups is 1. The highest BCUT2D eigenvalue weighted by Crippen LogP contribution is 2.37. The van der Waals surface area contributed by atoms with E-state index in [2.05, 4.69) is 10.3 Å². The lowest BCUT2D eigenvalue weighted by Crippen LogP contribution is -2.30. The molecule has 0 radical (unpaired) electrons. The summed E-state index contributed by atoms with van der Waals surface area (Å²) in [6, 6.07) is 11.3. The van der Waals surface area contributed by atoms with E-state index in [4.69, 9.17) is 14.2 Å². The van der Waals surface area contributed by atoms with Crippen molar-refractivity contribution in [3.05, 3.63) is 42.0 Å². The maximum atomic E-state index is 12.4.